The van der Waals surface area contributed by atoms with Crippen molar-refractivity contribution in [1.82, 2.24) is 9.97 Å². The normalized spacial score (nSPS) is 37.8. The van der Waals surface area contributed by atoms with Crippen molar-refractivity contribution in [2.75, 3.05) is 6.61 Å². The minimum Gasteiger partial charge on any atom is -0.374 e. The molecule has 3 aliphatic rings. The Balaban J connectivity index is 2.01. The summed E-state index contributed by atoms with van der Waals surface area (Å²) in [6, 6.07) is 1.79. The van der Waals surface area contributed by atoms with Crippen molar-refractivity contribution in [3.8, 4) is 0 Å². The second-order valence-electron chi connectivity index (χ2n) is 5.03. The Bertz CT molecular complexity index is 406. The monoisotopic (exact) mass is 224 g/mol. The lowest BCUT2D eigenvalue weighted by molar-refractivity contribution is 0.0149. The second-order valence-corrected chi connectivity index (χ2v) is 5.42. The summed E-state index contributed by atoms with van der Waals surface area (Å²) < 4.78 is 5.73. The molecule has 4 heteroatoms. The molecule has 1 saturated carbocycles. The molecule has 1 aliphatic carbocycles. The molecule has 0 amide bonds. The van der Waals surface area contributed by atoms with Crippen LogP contribution in [0.4, 0.5) is 0 Å². The third-order valence-corrected chi connectivity index (χ3v) is 3.61. The van der Waals surface area contributed by atoms with Crippen LogP contribution in [0, 0.1) is 6.92 Å². The maximum absolute atomic E-state index is 5.95. The summed E-state index contributed by atoms with van der Waals surface area (Å²) in [7, 11) is 0. The van der Waals surface area contributed by atoms with Gasteiger partial charge in [0.2, 0.25) is 0 Å². The van der Waals surface area contributed by atoms with E-state index in [1.165, 1.54) is 0 Å². The minimum atomic E-state index is 0.0460. The molecule has 3 fully saturated rings. The van der Waals surface area contributed by atoms with Crippen molar-refractivity contribution in [3.05, 3.63) is 22.7 Å². The molecule has 4 rings (SSSR count). The highest BCUT2D eigenvalue weighted by molar-refractivity contribution is 6.29. The van der Waals surface area contributed by atoms with Gasteiger partial charge in [-0.05, 0) is 32.8 Å². The quantitative estimate of drug-likeness (QED) is 0.687. The molecule has 80 valence electrons. The number of nitrogens with zero attached hydrogens (tertiary/aromatic N) is 2. The molecule has 3 nitrogen and oxygen atoms in total. The van der Waals surface area contributed by atoms with E-state index < -0.39 is 0 Å². The van der Waals surface area contributed by atoms with Gasteiger partial charge in [-0.3, -0.25) is 0 Å². The fourth-order valence-electron chi connectivity index (χ4n) is 2.89. The zero-order valence-electron chi connectivity index (χ0n) is 8.88. The van der Waals surface area contributed by atoms with Crippen molar-refractivity contribution in [2.24, 2.45) is 0 Å². The largest absolute Gasteiger partial charge is 0.374 e. The van der Waals surface area contributed by atoms with Gasteiger partial charge in [0.1, 0.15) is 11.0 Å². The molecule has 1 aromatic rings. The van der Waals surface area contributed by atoms with Crippen LogP contribution in [0.15, 0.2) is 6.07 Å². The first-order chi connectivity index (χ1) is 7.01. The molecular weight excluding hydrogens is 212 g/mol. The molecular formula is C11H13ClN2O. The lowest BCUT2D eigenvalue weighted by Gasteiger charge is -2.41. The summed E-state index contributed by atoms with van der Waals surface area (Å²) >= 11 is 5.95. The third kappa shape index (κ3) is 1.30. The molecule has 0 spiro atoms. The van der Waals surface area contributed by atoms with Crippen molar-refractivity contribution in [1.29, 1.82) is 0 Å². The number of ether oxygens (including phenoxy) is 1. The Labute approximate surface area is 93.8 Å². The van der Waals surface area contributed by atoms with Crippen LogP contribution < -0.4 is 0 Å². The molecule has 0 radical (unpaired) electrons. The Kier molecular flexibility index (Phi) is 1.73. The Morgan fingerprint density at radius 2 is 2.13 bits per heavy atom. The number of aromatic nitrogens is 2. The highest BCUT2D eigenvalue weighted by Crippen LogP contribution is 2.57. The molecule has 15 heavy (non-hydrogen) atoms. The fourth-order valence-corrected chi connectivity index (χ4v) is 3.12. The summed E-state index contributed by atoms with van der Waals surface area (Å²) in [6.07, 6.45) is 2.06. The first-order valence-corrected chi connectivity index (χ1v) is 5.55. The van der Waals surface area contributed by atoms with Gasteiger partial charge < -0.3 is 4.74 Å². The van der Waals surface area contributed by atoms with E-state index >= 15 is 0 Å². The van der Waals surface area contributed by atoms with Crippen LogP contribution in [0.1, 0.15) is 31.3 Å². The van der Waals surface area contributed by atoms with Crippen LogP contribution >= 0.6 is 11.6 Å². The van der Waals surface area contributed by atoms with Crippen molar-refractivity contribution >= 4 is 11.6 Å². The molecule has 2 aliphatic heterocycles. The fraction of sp³-hybridized carbons (Fsp3) is 0.636. The summed E-state index contributed by atoms with van der Waals surface area (Å²) in [5.41, 5.74) is 1.05. The molecule has 1 aromatic heterocycles. The van der Waals surface area contributed by atoms with Crippen molar-refractivity contribution < 1.29 is 4.74 Å². The van der Waals surface area contributed by atoms with Gasteiger partial charge in [-0.2, -0.15) is 0 Å². The summed E-state index contributed by atoms with van der Waals surface area (Å²) in [5.74, 6) is 0.863. The van der Waals surface area contributed by atoms with Crippen LogP contribution in [0.5, 0.6) is 0 Å². The van der Waals surface area contributed by atoms with Crippen LogP contribution in [0.3, 0.4) is 0 Å². The number of aryl methyl sites for hydroxylation is 1. The standard InChI is InChI=1S/C11H13ClN2O/c1-7-3-8(12)14-9(13-7)11-4-10(2,5-11)15-6-11/h3H,4-6H2,1-2H3. The lowest BCUT2D eigenvalue weighted by Crippen LogP contribution is -2.46. The topological polar surface area (TPSA) is 35.0 Å². The van der Waals surface area contributed by atoms with E-state index in [-0.39, 0.29) is 11.0 Å². The number of fused-ring (bicyclic) bond motifs is 1. The Morgan fingerprint density at radius 1 is 1.40 bits per heavy atom. The van der Waals surface area contributed by atoms with Gasteiger partial charge in [0, 0.05) is 5.69 Å². The minimum absolute atomic E-state index is 0.0460. The molecule has 2 saturated heterocycles. The molecule has 3 heterocycles. The van der Waals surface area contributed by atoms with Gasteiger partial charge in [-0.25, -0.2) is 9.97 Å². The van der Waals surface area contributed by atoms with Gasteiger partial charge >= 0.3 is 0 Å². The van der Waals surface area contributed by atoms with E-state index in [9.17, 15) is 0 Å². The zero-order valence-corrected chi connectivity index (χ0v) is 9.64. The van der Waals surface area contributed by atoms with Gasteiger partial charge in [0.15, 0.2) is 0 Å². The lowest BCUT2D eigenvalue weighted by atomic mass is 9.63. The maximum atomic E-state index is 5.95. The first kappa shape index (κ1) is 9.55. The molecule has 0 aromatic carbocycles. The average Bonchev–Trinajstić information content (AvgIpc) is 2.56. The zero-order chi connectivity index (χ0) is 10.7. The summed E-state index contributed by atoms with van der Waals surface area (Å²) in [4.78, 5) is 8.81. The molecule has 0 N–H and O–H groups in total. The van der Waals surface area contributed by atoms with E-state index in [1.807, 2.05) is 6.92 Å². The number of rotatable bonds is 1. The highest BCUT2D eigenvalue weighted by atomic mass is 35.5. The smallest absolute Gasteiger partial charge is 0.138 e. The van der Waals surface area contributed by atoms with E-state index in [0.717, 1.165) is 31.0 Å². The predicted octanol–water partition coefficient (Wildman–Crippen LogP) is 2.26. The third-order valence-electron chi connectivity index (χ3n) is 3.42. The van der Waals surface area contributed by atoms with E-state index in [0.29, 0.717) is 5.15 Å². The van der Waals surface area contributed by atoms with Crippen LogP contribution in [-0.2, 0) is 10.2 Å². The summed E-state index contributed by atoms with van der Waals surface area (Å²) in [6.45, 7) is 4.83. The molecule has 0 atom stereocenters. The molecule has 2 bridgehead atoms. The van der Waals surface area contributed by atoms with E-state index in [1.54, 1.807) is 6.07 Å². The molecule has 0 unspecified atom stereocenters. The second kappa shape index (κ2) is 2.71. The van der Waals surface area contributed by atoms with E-state index in [2.05, 4.69) is 16.9 Å². The van der Waals surface area contributed by atoms with E-state index in [4.69, 9.17) is 16.3 Å². The van der Waals surface area contributed by atoms with Gasteiger partial charge in [-0.15, -0.1) is 0 Å². The van der Waals surface area contributed by atoms with Crippen LogP contribution in [0.2, 0.25) is 5.15 Å². The number of hydrogen-bond donors (Lipinski definition) is 0. The van der Waals surface area contributed by atoms with Crippen molar-refractivity contribution in [2.45, 2.75) is 37.7 Å². The van der Waals surface area contributed by atoms with Crippen molar-refractivity contribution in [3.63, 3.8) is 0 Å². The SMILES string of the molecule is Cc1cc(Cl)nc(C23COC(C)(C2)C3)n1. The Hall–Kier alpha value is -0.670. The Morgan fingerprint density at radius 3 is 2.67 bits per heavy atom. The van der Waals surface area contributed by atoms with Crippen LogP contribution in [-0.4, -0.2) is 22.2 Å². The average molecular weight is 225 g/mol. The number of hydrogen-bond acceptors (Lipinski definition) is 3. The first-order valence-electron chi connectivity index (χ1n) is 5.17. The summed E-state index contributed by atoms with van der Waals surface area (Å²) in [5, 5.41) is 0.535. The maximum Gasteiger partial charge on any atom is 0.138 e. The van der Waals surface area contributed by atoms with Gasteiger partial charge in [0.25, 0.3) is 0 Å². The predicted molar refractivity (Wildman–Crippen MR) is 57.0 cm³/mol. The highest BCUT2D eigenvalue weighted by Gasteiger charge is 2.62. The number of halogens is 1. The van der Waals surface area contributed by atoms with Gasteiger partial charge in [0.05, 0.1) is 17.6 Å². The van der Waals surface area contributed by atoms with Gasteiger partial charge in [-0.1, -0.05) is 11.6 Å². The van der Waals surface area contributed by atoms with Crippen LogP contribution in [0.25, 0.3) is 0 Å².